The fourth-order valence-corrected chi connectivity index (χ4v) is 1.51. The number of hydrogen-bond donors (Lipinski definition) is 0. The van der Waals surface area contributed by atoms with Gasteiger partial charge in [0.25, 0.3) is 0 Å². The molecule has 17 heavy (non-hydrogen) atoms. The van der Waals surface area contributed by atoms with Crippen molar-refractivity contribution in [2.45, 2.75) is 13.3 Å². The fourth-order valence-electron chi connectivity index (χ4n) is 1.51. The van der Waals surface area contributed by atoms with Gasteiger partial charge in [-0.15, -0.1) is 12.4 Å². The Labute approximate surface area is 103 Å². The quantitative estimate of drug-likeness (QED) is 0.760. The smallest absolute Gasteiger partial charge is 0.367 e. The number of ether oxygens (including phenoxy) is 1. The van der Waals surface area contributed by atoms with E-state index in [-0.39, 0.29) is 29.3 Å². The Morgan fingerprint density at radius 2 is 2.24 bits per heavy atom. The molecule has 6 nitrogen and oxygen atoms in total. The molecule has 0 aliphatic heterocycles. The number of rotatable bonds is 2. The van der Waals surface area contributed by atoms with E-state index in [1.165, 1.54) is 19.2 Å². The highest BCUT2D eigenvalue weighted by molar-refractivity contribution is 5.85. The summed E-state index contributed by atoms with van der Waals surface area (Å²) in [5.41, 5.74) is 0.495. The van der Waals surface area contributed by atoms with Crippen LogP contribution in [0.2, 0.25) is 0 Å². The predicted octanol–water partition coefficient (Wildman–Crippen LogP) is 1.29. The highest BCUT2D eigenvalue weighted by Gasteiger charge is 2.15. The topological polar surface area (TPSA) is 73.1 Å². The van der Waals surface area contributed by atoms with Crippen LogP contribution in [0.3, 0.4) is 0 Å². The molecule has 0 atom stereocenters. The minimum absolute atomic E-state index is 0. The first-order chi connectivity index (χ1) is 7.67. The van der Waals surface area contributed by atoms with Crippen LogP contribution in [0.25, 0.3) is 11.0 Å². The number of aromatic nitrogens is 3. The Bertz CT molecular complexity index is 597. The van der Waals surface area contributed by atoms with Crippen LogP contribution in [0, 0.1) is 10.1 Å². The second-order valence-electron chi connectivity index (χ2n) is 3.29. The summed E-state index contributed by atoms with van der Waals surface area (Å²) in [7, 11) is 1.50. The van der Waals surface area contributed by atoms with Crippen LogP contribution < -0.4 is 9.16 Å². The van der Waals surface area contributed by atoms with Gasteiger partial charge in [0.2, 0.25) is 5.52 Å². The molecule has 0 unspecified atom stereocenters. The number of fused-ring (bicyclic) bond motifs is 1. The summed E-state index contributed by atoms with van der Waals surface area (Å²) in [6.07, 6.45) is 0.402. The SMILES string of the molecule is CCc1nn([O-])c2ccc(OC)cc2[n+]1=O.Cl. The van der Waals surface area contributed by atoms with E-state index in [0.29, 0.717) is 21.4 Å². The molecular weight excluding hydrogens is 246 g/mol. The summed E-state index contributed by atoms with van der Waals surface area (Å²) in [5, 5.41) is 15.2. The maximum absolute atomic E-state index is 11.8. The molecule has 0 aliphatic carbocycles. The first-order valence-electron chi connectivity index (χ1n) is 4.87. The number of nitrogens with zero attached hydrogens (tertiary/aromatic N) is 3. The molecule has 0 saturated heterocycles. The summed E-state index contributed by atoms with van der Waals surface area (Å²) in [6, 6.07) is 4.66. The number of aryl methyl sites for hydroxylation is 1. The molecule has 0 saturated carbocycles. The van der Waals surface area contributed by atoms with Crippen molar-refractivity contribution in [3.63, 3.8) is 0 Å². The van der Waals surface area contributed by atoms with Gasteiger partial charge in [-0.05, 0) is 12.1 Å². The number of benzene rings is 1. The van der Waals surface area contributed by atoms with E-state index in [4.69, 9.17) is 4.74 Å². The van der Waals surface area contributed by atoms with Gasteiger partial charge >= 0.3 is 5.82 Å². The van der Waals surface area contributed by atoms with E-state index >= 15 is 0 Å². The molecule has 1 heterocycles. The van der Waals surface area contributed by atoms with E-state index in [1.807, 2.05) is 0 Å². The van der Waals surface area contributed by atoms with E-state index in [9.17, 15) is 10.1 Å². The molecule has 1 aromatic carbocycles. The summed E-state index contributed by atoms with van der Waals surface area (Å²) >= 11 is 0. The lowest BCUT2D eigenvalue weighted by atomic mass is 10.3. The minimum atomic E-state index is 0. The Morgan fingerprint density at radius 1 is 1.53 bits per heavy atom. The highest BCUT2D eigenvalue weighted by Crippen LogP contribution is 2.16. The van der Waals surface area contributed by atoms with Crippen molar-refractivity contribution in [3.05, 3.63) is 34.1 Å². The van der Waals surface area contributed by atoms with Gasteiger partial charge in [0.05, 0.1) is 18.6 Å². The zero-order valence-electron chi connectivity index (χ0n) is 9.41. The third-order valence-corrected chi connectivity index (χ3v) is 2.36. The van der Waals surface area contributed by atoms with Gasteiger partial charge in [-0.25, -0.2) is 0 Å². The van der Waals surface area contributed by atoms with Gasteiger partial charge in [-0.2, -0.15) is 4.85 Å². The van der Waals surface area contributed by atoms with E-state index < -0.39 is 0 Å². The van der Waals surface area contributed by atoms with E-state index in [1.54, 1.807) is 13.0 Å². The maximum Gasteiger partial charge on any atom is 0.367 e. The first-order valence-corrected chi connectivity index (χ1v) is 4.87. The van der Waals surface area contributed by atoms with Crippen molar-refractivity contribution in [1.29, 1.82) is 0 Å². The first kappa shape index (κ1) is 13.2. The fraction of sp³-hybridized carbons (Fsp3) is 0.300. The average Bonchev–Trinajstić information content (AvgIpc) is 2.33. The standard InChI is InChI=1S/C10H11N3O3.ClH/c1-3-10-11-13(15)8-5-4-7(16-2)6-9(8)12(10)14;/h4-6H,3H2,1-2H3;1H. The van der Waals surface area contributed by atoms with Crippen molar-refractivity contribution in [2.75, 3.05) is 7.11 Å². The van der Waals surface area contributed by atoms with Crippen molar-refractivity contribution < 1.29 is 9.16 Å². The monoisotopic (exact) mass is 257 g/mol. The van der Waals surface area contributed by atoms with Gasteiger partial charge in [-0.3, -0.25) is 0 Å². The van der Waals surface area contributed by atoms with Gasteiger partial charge < -0.3 is 9.94 Å². The minimum Gasteiger partial charge on any atom is -0.772 e. The number of hydrogen-bond acceptors (Lipinski definition) is 4. The molecule has 0 N–H and O–H groups in total. The molecule has 1 aromatic heterocycles. The second-order valence-corrected chi connectivity index (χ2v) is 3.29. The zero-order valence-corrected chi connectivity index (χ0v) is 10.2. The molecular formula is C10H12ClN3O3. The lowest BCUT2D eigenvalue weighted by molar-refractivity contribution is -0.480. The summed E-state index contributed by atoms with van der Waals surface area (Å²) < 4.78 is 5.67. The highest BCUT2D eigenvalue weighted by atomic mass is 35.5. The van der Waals surface area contributed by atoms with Crippen molar-refractivity contribution in [2.24, 2.45) is 0 Å². The number of halogens is 1. The Hall–Kier alpha value is -1.82. The molecule has 0 aliphatic rings. The van der Waals surface area contributed by atoms with Crippen molar-refractivity contribution >= 4 is 23.4 Å². The Balaban J connectivity index is 0.00000144. The van der Waals surface area contributed by atoms with Gasteiger partial charge in [0.15, 0.2) is 0 Å². The van der Waals surface area contributed by atoms with E-state index in [0.717, 1.165) is 0 Å². The zero-order chi connectivity index (χ0) is 11.7. The van der Waals surface area contributed by atoms with Crippen LogP contribution in [0.1, 0.15) is 12.7 Å². The lowest BCUT2D eigenvalue weighted by Crippen LogP contribution is -2.26. The molecule has 0 radical (unpaired) electrons. The van der Waals surface area contributed by atoms with Crippen LogP contribution in [-0.2, 0) is 6.42 Å². The van der Waals surface area contributed by atoms with Gasteiger partial charge in [0, 0.05) is 10.5 Å². The summed E-state index contributed by atoms with van der Waals surface area (Å²) in [4.78, 5) is 12.3. The molecule has 0 fully saturated rings. The molecule has 92 valence electrons. The normalized spacial score (nSPS) is 10.0. The molecule has 0 spiro atoms. The summed E-state index contributed by atoms with van der Waals surface area (Å²) in [5.74, 6) is 0.723. The molecule has 2 aromatic rings. The second kappa shape index (κ2) is 5.01. The Morgan fingerprint density at radius 3 is 2.82 bits per heavy atom. The van der Waals surface area contributed by atoms with Crippen LogP contribution >= 0.6 is 12.4 Å². The summed E-state index contributed by atoms with van der Waals surface area (Å²) in [6.45, 7) is 1.77. The van der Waals surface area contributed by atoms with Gasteiger partial charge in [0.1, 0.15) is 11.3 Å². The Kier molecular flexibility index (Phi) is 3.90. The number of methoxy groups -OCH3 is 1. The average molecular weight is 258 g/mol. The molecule has 0 bridgehead atoms. The van der Waals surface area contributed by atoms with Gasteiger partial charge in [-0.1, -0.05) is 11.8 Å². The predicted molar refractivity (Wildman–Crippen MR) is 65.0 cm³/mol. The third kappa shape index (κ3) is 2.16. The molecule has 2 rings (SSSR count). The van der Waals surface area contributed by atoms with Crippen LogP contribution in [0.5, 0.6) is 5.75 Å². The van der Waals surface area contributed by atoms with E-state index in [2.05, 4.69) is 5.10 Å². The molecule has 0 amide bonds. The maximum atomic E-state index is 11.8. The van der Waals surface area contributed by atoms with Crippen molar-refractivity contribution in [3.8, 4) is 5.75 Å². The third-order valence-electron chi connectivity index (χ3n) is 2.36. The van der Waals surface area contributed by atoms with Crippen molar-refractivity contribution in [1.82, 2.24) is 9.94 Å². The van der Waals surface area contributed by atoms with Crippen LogP contribution in [-0.4, -0.2) is 17.1 Å². The van der Waals surface area contributed by atoms with Crippen LogP contribution in [0.4, 0.5) is 0 Å². The largest absolute Gasteiger partial charge is 0.772 e. The molecule has 7 heteroatoms. The van der Waals surface area contributed by atoms with Crippen LogP contribution in [0.15, 0.2) is 18.2 Å². The lowest BCUT2D eigenvalue weighted by Gasteiger charge is -2.06.